The van der Waals surface area contributed by atoms with Crippen LogP contribution in [0.25, 0.3) is 0 Å². The van der Waals surface area contributed by atoms with Crippen molar-refractivity contribution in [3.05, 3.63) is 29.8 Å². The Balaban J connectivity index is 1.70. The van der Waals surface area contributed by atoms with Gasteiger partial charge in [0.25, 0.3) is 0 Å². The molecule has 2 unspecified atom stereocenters. The van der Waals surface area contributed by atoms with Crippen molar-refractivity contribution < 1.29 is 14.6 Å². The first-order valence-corrected chi connectivity index (χ1v) is 7.26. The van der Waals surface area contributed by atoms with Gasteiger partial charge in [-0.1, -0.05) is 18.2 Å². The molecule has 1 aromatic rings. The lowest BCUT2D eigenvalue weighted by atomic mass is 9.90. The second-order valence-corrected chi connectivity index (χ2v) is 6.22. The molecule has 108 valence electrons. The number of likely N-dealkylation sites (tertiary alicyclic amines) is 1. The number of hydrogen-bond acceptors (Lipinski definition) is 3. The zero-order valence-corrected chi connectivity index (χ0v) is 11.8. The Morgan fingerprint density at radius 2 is 2.30 bits per heavy atom. The fourth-order valence-electron chi connectivity index (χ4n) is 3.30. The fraction of sp³-hybridized carbons (Fsp3) is 0.562. The van der Waals surface area contributed by atoms with E-state index in [1.54, 1.807) is 0 Å². The zero-order chi connectivity index (χ0) is 14.2. The third-order valence-electron chi connectivity index (χ3n) is 4.63. The normalized spacial score (nSPS) is 29.8. The molecule has 1 aromatic carbocycles. The van der Waals surface area contributed by atoms with Crippen molar-refractivity contribution in [2.75, 3.05) is 26.2 Å². The van der Waals surface area contributed by atoms with E-state index in [1.165, 1.54) is 5.56 Å². The van der Waals surface area contributed by atoms with Crippen LogP contribution in [0.2, 0.25) is 0 Å². The highest BCUT2D eigenvalue weighted by Crippen LogP contribution is 2.36. The van der Waals surface area contributed by atoms with Crippen molar-refractivity contribution in [3.63, 3.8) is 0 Å². The molecule has 4 heteroatoms. The van der Waals surface area contributed by atoms with E-state index < -0.39 is 11.4 Å². The van der Waals surface area contributed by atoms with Gasteiger partial charge in [0.2, 0.25) is 0 Å². The molecule has 1 N–H and O–H groups in total. The minimum Gasteiger partial charge on any atom is -0.493 e. The number of hydrogen-bond donors (Lipinski definition) is 1. The molecule has 0 saturated carbocycles. The molecule has 0 amide bonds. The monoisotopic (exact) mass is 275 g/mol. The molecular weight excluding hydrogens is 254 g/mol. The van der Waals surface area contributed by atoms with Crippen molar-refractivity contribution in [3.8, 4) is 5.75 Å². The number of carboxylic acid groups (broad SMARTS) is 1. The zero-order valence-electron chi connectivity index (χ0n) is 11.8. The topological polar surface area (TPSA) is 49.8 Å². The molecule has 0 aliphatic carbocycles. The van der Waals surface area contributed by atoms with Crippen LogP contribution in [0.4, 0.5) is 0 Å². The second-order valence-electron chi connectivity index (χ2n) is 6.22. The third kappa shape index (κ3) is 2.40. The summed E-state index contributed by atoms with van der Waals surface area (Å²) in [5, 5.41) is 9.31. The Morgan fingerprint density at radius 1 is 1.50 bits per heavy atom. The van der Waals surface area contributed by atoms with E-state index >= 15 is 0 Å². The van der Waals surface area contributed by atoms with Crippen molar-refractivity contribution in [2.24, 2.45) is 5.41 Å². The van der Waals surface area contributed by atoms with Gasteiger partial charge in [0.05, 0.1) is 12.0 Å². The van der Waals surface area contributed by atoms with Crippen LogP contribution in [0, 0.1) is 5.41 Å². The van der Waals surface area contributed by atoms with E-state index in [0.29, 0.717) is 12.5 Å². The standard InChI is InChI=1S/C16H21NO3/c1-16(15(18)19)7-8-17(11-16)10-12-6-9-20-14-5-3-2-4-13(12)14/h2-5,12H,6-11H2,1H3,(H,18,19). The Hall–Kier alpha value is -1.55. The van der Waals surface area contributed by atoms with E-state index in [2.05, 4.69) is 11.0 Å². The number of aliphatic carboxylic acids is 1. The molecule has 3 rings (SSSR count). The van der Waals surface area contributed by atoms with Crippen molar-refractivity contribution in [2.45, 2.75) is 25.7 Å². The Labute approximate surface area is 119 Å². The van der Waals surface area contributed by atoms with Crippen molar-refractivity contribution in [1.29, 1.82) is 0 Å². The van der Waals surface area contributed by atoms with E-state index in [-0.39, 0.29) is 0 Å². The third-order valence-corrected chi connectivity index (χ3v) is 4.63. The molecule has 2 heterocycles. The lowest BCUT2D eigenvalue weighted by Crippen LogP contribution is -2.34. The van der Waals surface area contributed by atoms with Crippen LogP contribution in [-0.4, -0.2) is 42.2 Å². The van der Waals surface area contributed by atoms with Crippen LogP contribution in [0.1, 0.15) is 31.2 Å². The lowest BCUT2D eigenvalue weighted by Gasteiger charge is -2.30. The summed E-state index contributed by atoms with van der Waals surface area (Å²) in [6.45, 7) is 5.08. The van der Waals surface area contributed by atoms with Gasteiger partial charge in [0.1, 0.15) is 5.75 Å². The SMILES string of the molecule is CC1(C(=O)O)CCN(CC2CCOc3ccccc32)C1. The van der Waals surface area contributed by atoms with Gasteiger partial charge in [-0.3, -0.25) is 4.79 Å². The first kappa shape index (κ1) is 13.4. The van der Waals surface area contributed by atoms with Crippen LogP contribution >= 0.6 is 0 Å². The fourth-order valence-corrected chi connectivity index (χ4v) is 3.30. The van der Waals surface area contributed by atoms with Gasteiger partial charge < -0.3 is 14.7 Å². The first-order chi connectivity index (χ1) is 9.58. The van der Waals surface area contributed by atoms with E-state index in [4.69, 9.17) is 4.74 Å². The minimum atomic E-state index is -0.674. The molecule has 0 bridgehead atoms. The molecule has 1 saturated heterocycles. The molecule has 2 atom stereocenters. The number of para-hydroxylation sites is 1. The maximum absolute atomic E-state index is 11.3. The summed E-state index contributed by atoms with van der Waals surface area (Å²) >= 11 is 0. The smallest absolute Gasteiger partial charge is 0.310 e. The van der Waals surface area contributed by atoms with Gasteiger partial charge in [0.15, 0.2) is 0 Å². The molecule has 1 fully saturated rings. The second kappa shape index (κ2) is 5.09. The lowest BCUT2D eigenvalue weighted by molar-refractivity contribution is -0.147. The number of nitrogens with zero attached hydrogens (tertiary/aromatic N) is 1. The van der Waals surface area contributed by atoms with Crippen LogP contribution in [0.15, 0.2) is 24.3 Å². The summed E-state index contributed by atoms with van der Waals surface area (Å²) < 4.78 is 5.68. The molecule has 20 heavy (non-hydrogen) atoms. The number of carbonyl (C=O) groups is 1. The predicted octanol–water partition coefficient (Wildman–Crippen LogP) is 2.35. The predicted molar refractivity (Wildman–Crippen MR) is 76.1 cm³/mol. The van der Waals surface area contributed by atoms with E-state index in [1.807, 2.05) is 25.1 Å². The van der Waals surface area contributed by atoms with Gasteiger partial charge in [-0.25, -0.2) is 0 Å². The van der Waals surface area contributed by atoms with Crippen molar-refractivity contribution in [1.82, 2.24) is 4.90 Å². The summed E-state index contributed by atoms with van der Waals surface area (Å²) in [5.41, 5.74) is 0.688. The molecule has 0 radical (unpaired) electrons. The highest BCUT2D eigenvalue weighted by atomic mass is 16.5. The summed E-state index contributed by atoms with van der Waals surface area (Å²) in [4.78, 5) is 13.6. The van der Waals surface area contributed by atoms with Crippen LogP contribution in [0.3, 0.4) is 0 Å². The molecule has 2 aliphatic heterocycles. The number of rotatable bonds is 3. The van der Waals surface area contributed by atoms with E-state index in [9.17, 15) is 9.90 Å². The van der Waals surface area contributed by atoms with Crippen LogP contribution < -0.4 is 4.74 Å². The van der Waals surface area contributed by atoms with Gasteiger partial charge in [-0.05, 0) is 37.9 Å². The van der Waals surface area contributed by atoms with Gasteiger partial charge in [0, 0.05) is 19.0 Å². The van der Waals surface area contributed by atoms with Crippen LogP contribution in [-0.2, 0) is 4.79 Å². The number of fused-ring (bicyclic) bond motifs is 1. The Bertz CT molecular complexity index is 516. The molecule has 0 spiro atoms. The quantitative estimate of drug-likeness (QED) is 0.920. The molecule has 2 aliphatic rings. The number of ether oxygens (including phenoxy) is 1. The molecule has 0 aromatic heterocycles. The first-order valence-electron chi connectivity index (χ1n) is 7.26. The summed E-state index contributed by atoms with van der Waals surface area (Å²) in [6, 6.07) is 8.20. The van der Waals surface area contributed by atoms with Crippen LogP contribution in [0.5, 0.6) is 5.75 Å². The summed E-state index contributed by atoms with van der Waals surface area (Å²) in [6.07, 6.45) is 1.75. The highest BCUT2D eigenvalue weighted by Gasteiger charge is 2.41. The van der Waals surface area contributed by atoms with Crippen molar-refractivity contribution >= 4 is 5.97 Å². The average molecular weight is 275 g/mol. The maximum atomic E-state index is 11.3. The molecular formula is C16H21NO3. The van der Waals surface area contributed by atoms with E-state index in [0.717, 1.165) is 38.3 Å². The highest BCUT2D eigenvalue weighted by molar-refractivity contribution is 5.74. The Kier molecular flexibility index (Phi) is 3.42. The summed E-state index contributed by atoms with van der Waals surface area (Å²) in [7, 11) is 0. The average Bonchev–Trinajstić information content (AvgIpc) is 2.82. The van der Waals surface area contributed by atoms with Gasteiger partial charge >= 0.3 is 5.97 Å². The number of carboxylic acids is 1. The molecule has 4 nitrogen and oxygen atoms in total. The van der Waals surface area contributed by atoms with Gasteiger partial charge in [-0.2, -0.15) is 0 Å². The Morgan fingerprint density at radius 3 is 3.05 bits per heavy atom. The maximum Gasteiger partial charge on any atom is 0.310 e. The summed E-state index contributed by atoms with van der Waals surface area (Å²) in [5.74, 6) is 0.771. The largest absolute Gasteiger partial charge is 0.493 e. The number of benzene rings is 1. The van der Waals surface area contributed by atoms with Gasteiger partial charge in [-0.15, -0.1) is 0 Å². The minimum absolute atomic E-state index is 0.455.